The van der Waals surface area contributed by atoms with Crippen LogP contribution in [-0.2, 0) is 42.9 Å². The van der Waals surface area contributed by atoms with Crippen LogP contribution in [0.25, 0.3) is 0 Å². The molecule has 12 heteroatoms. The normalized spacial score (nSPS) is 18.9. The lowest BCUT2D eigenvalue weighted by Crippen LogP contribution is -2.61. The minimum absolute atomic E-state index is 0.0460. The third-order valence-corrected chi connectivity index (χ3v) is 12.7. The molecule has 0 saturated carbocycles. The molecule has 0 radical (unpaired) electrons. The summed E-state index contributed by atoms with van der Waals surface area (Å²) in [6, 6.07) is 0. The van der Waals surface area contributed by atoms with E-state index in [1.807, 2.05) is 0 Å². The molecule has 0 aromatic carbocycles. The summed E-state index contributed by atoms with van der Waals surface area (Å²) in [6.45, 7) is 5.90. The van der Waals surface area contributed by atoms with Crippen molar-refractivity contribution >= 4 is 23.9 Å². The van der Waals surface area contributed by atoms with E-state index >= 15 is 0 Å². The molecule has 0 aliphatic carbocycles. The number of hydrogen-bond donors (Lipinski definition) is 3. The molecule has 1 fully saturated rings. The molecule has 3 N–H and O–H groups in total. The van der Waals surface area contributed by atoms with E-state index in [4.69, 9.17) is 23.7 Å². The van der Waals surface area contributed by atoms with Gasteiger partial charge in [-0.25, -0.2) is 4.79 Å². The number of aliphatic hydroxyl groups is 2. The maximum atomic E-state index is 13.1. The van der Waals surface area contributed by atoms with Crippen molar-refractivity contribution in [2.45, 2.75) is 289 Å². The quantitative estimate of drug-likeness (QED) is 0.0228. The van der Waals surface area contributed by atoms with E-state index < -0.39 is 67.3 Å². The Morgan fingerprint density at radius 3 is 1.38 bits per heavy atom. The largest absolute Gasteiger partial charge is 0.479 e. The molecule has 0 spiro atoms. The standard InChI is InChI=1S/C57H100O12/c1-4-7-10-13-16-19-22-24-25-27-29-31-34-37-40-43-49(58)65-46-48(67-50(59)44-41-38-35-32-28-21-18-15-12-9-6-3)47-66-57-55(53(62)52(61)54(69-57)56(63)64)68-51(60)45-42-39-36-33-30-26-23-20-17-14-11-8-5-2/h11,14,20,23-25,48,52-55,57,61-62H,4-10,12-13,15-19,21-22,26-47H2,1-3H3,(H,63,64)/b14-11-,23-20-,25-24-. The third-order valence-electron chi connectivity index (χ3n) is 12.7. The zero-order valence-corrected chi connectivity index (χ0v) is 43.8. The van der Waals surface area contributed by atoms with Crippen LogP contribution in [0, 0.1) is 0 Å². The average molecular weight is 977 g/mol. The van der Waals surface area contributed by atoms with Gasteiger partial charge in [0.25, 0.3) is 0 Å². The van der Waals surface area contributed by atoms with Crippen molar-refractivity contribution in [2.24, 2.45) is 0 Å². The van der Waals surface area contributed by atoms with Gasteiger partial charge in [-0.2, -0.15) is 0 Å². The van der Waals surface area contributed by atoms with Crippen LogP contribution >= 0.6 is 0 Å². The second kappa shape index (κ2) is 46.0. The summed E-state index contributed by atoms with van der Waals surface area (Å²) in [4.78, 5) is 50.9. The lowest BCUT2D eigenvalue weighted by molar-refractivity contribution is -0.301. The molecule has 400 valence electrons. The van der Waals surface area contributed by atoms with Crippen LogP contribution < -0.4 is 0 Å². The number of aliphatic carboxylic acids is 1. The van der Waals surface area contributed by atoms with Gasteiger partial charge in [0.1, 0.15) is 18.8 Å². The van der Waals surface area contributed by atoms with Gasteiger partial charge in [0.2, 0.25) is 0 Å². The Labute approximate surface area is 419 Å². The molecule has 12 nitrogen and oxygen atoms in total. The number of allylic oxidation sites excluding steroid dienone is 6. The Hall–Kier alpha value is -3.06. The summed E-state index contributed by atoms with van der Waals surface area (Å²) >= 11 is 0. The second-order valence-electron chi connectivity index (χ2n) is 19.2. The van der Waals surface area contributed by atoms with E-state index in [-0.39, 0.29) is 25.9 Å². The number of carbonyl (C=O) groups is 4. The van der Waals surface area contributed by atoms with Crippen LogP contribution in [-0.4, -0.2) is 89.2 Å². The van der Waals surface area contributed by atoms with E-state index in [9.17, 15) is 34.5 Å². The molecule has 69 heavy (non-hydrogen) atoms. The predicted octanol–water partition coefficient (Wildman–Crippen LogP) is 13.7. The summed E-state index contributed by atoms with van der Waals surface area (Å²) < 4.78 is 28.3. The number of esters is 3. The third kappa shape index (κ3) is 36.5. The highest BCUT2D eigenvalue weighted by molar-refractivity contribution is 5.74. The first-order valence-corrected chi connectivity index (χ1v) is 28.0. The monoisotopic (exact) mass is 977 g/mol. The van der Waals surface area contributed by atoms with E-state index in [0.717, 1.165) is 109 Å². The fraction of sp³-hybridized carbons (Fsp3) is 0.825. The molecule has 0 amide bonds. The summed E-state index contributed by atoms with van der Waals surface area (Å²) in [5.74, 6) is -3.13. The smallest absolute Gasteiger partial charge is 0.335 e. The highest BCUT2D eigenvalue weighted by Crippen LogP contribution is 2.26. The van der Waals surface area contributed by atoms with Crippen molar-refractivity contribution in [2.75, 3.05) is 13.2 Å². The fourth-order valence-corrected chi connectivity index (χ4v) is 8.34. The summed E-state index contributed by atoms with van der Waals surface area (Å²) in [6.07, 6.45) is 39.8. The molecule has 1 aliphatic rings. The number of hydrogen-bond acceptors (Lipinski definition) is 11. The van der Waals surface area contributed by atoms with Crippen LogP contribution in [0.5, 0.6) is 0 Å². The Kier molecular flexibility index (Phi) is 42.7. The highest BCUT2D eigenvalue weighted by atomic mass is 16.7. The van der Waals surface area contributed by atoms with Crippen molar-refractivity contribution in [3.63, 3.8) is 0 Å². The van der Waals surface area contributed by atoms with Crippen LogP contribution in [0.1, 0.15) is 252 Å². The van der Waals surface area contributed by atoms with Gasteiger partial charge < -0.3 is 39.0 Å². The van der Waals surface area contributed by atoms with Crippen LogP contribution in [0.2, 0.25) is 0 Å². The minimum atomic E-state index is -1.90. The Morgan fingerprint density at radius 1 is 0.478 bits per heavy atom. The van der Waals surface area contributed by atoms with E-state index in [0.29, 0.717) is 19.3 Å². The maximum Gasteiger partial charge on any atom is 0.335 e. The van der Waals surface area contributed by atoms with Crippen molar-refractivity contribution < 1.29 is 58.2 Å². The van der Waals surface area contributed by atoms with Gasteiger partial charge in [-0.15, -0.1) is 0 Å². The lowest BCUT2D eigenvalue weighted by Gasteiger charge is -2.40. The number of unbranched alkanes of at least 4 members (excludes halogenated alkanes) is 27. The molecule has 0 aromatic heterocycles. The molecule has 0 aromatic rings. The fourth-order valence-electron chi connectivity index (χ4n) is 8.34. The molecule has 0 bridgehead atoms. The zero-order chi connectivity index (χ0) is 50.4. The van der Waals surface area contributed by atoms with Crippen molar-refractivity contribution in [1.29, 1.82) is 0 Å². The van der Waals surface area contributed by atoms with Gasteiger partial charge in [-0.05, 0) is 70.6 Å². The van der Waals surface area contributed by atoms with Crippen LogP contribution in [0.3, 0.4) is 0 Å². The minimum Gasteiger partial charge on any atom is -0.479 e. The predicted molar refractivity (Wildman–Crippen MR) is 276 cm³/mol. The summed E-state index contributed by atoms with van der Waals surface area (Å²) in [5.41, 5.74) is 0. The molecule has 1 rings (SSSR count). The van der Waals surface area contributed by atoms with E-state index in [1.54, 1.807) is 0 Å². The summed E-state index contributed by atoms with van der Waals surface area (Å²) in [5, 5.41) is 31.4. The highest BCUT2D eigenvalue weighted by Gasteiger charge is 2.50. The van der Waals surface area contributed by atoms with Gasteiger partial charge in [0, 0.05) is 19.3 Å². The van der Waals surface area contributed by atoms with Gasteiger partial charge in [0.15, 0.2) is 24.6 Å². The molecule has 1 aliphatic heterocycles. The second-order valence-corrected chi connectivity index (χ2v) is 19.2. The van der Waals surface area contributed by atoms with Crippen LogP contribution in [0.15, 0.2) is 36.5 Å². The molecule has 1 saturated heterocycles. The van der Waals surface area contributed by atoms with Gasteiger partial charge in [0.05, 0.1) is 6.61 Å². The maximum absolute atomic E-state index is 13.1. The Balaban J connectivity index is 2.71. The van der Waals surface area contributed by atoms with Gasteiger partial charge >= 0.3 is 23.9 Å². The first kappa shape index (κ1) is 64.0. The number of carbonyl (C=O) groups excluding carboxylic acids is 3. The number of ether oxygens (including phenoxy) is 5. The zero-order valence-electron chi connectivity index (χ0n) is 43.8. The van der Waals surface area contributed by atoms with Gasteiger partial charge in [-0.3, -0.25) is 14.4 Å². The van der Waals surface area contributed by atoms with E-state index in [1.165, 1.54) is 83.5 Å². The molecule has 1 heterocycles. The van der Waals surface area contributed by atoms with Crippen molar-refractivity contribution in [3.8, 4) is 0 Å². The van der Waals surface area contributed by atoms with E-state index in [2.05, 4.69) is 57.2 Å². The lowest BCUT2D eigenvalue weighted by atomic mass is 9.98. The van der Waals surface area contributed by atoms with Crippen molar-refractivity contribution in [3.05, 3.63) is 36.5 Å². The molecule has 6 unspecified atom stereocenters. The average Bonchev–Trinajstić information content (AvgIpc) is 3.33. The number of carboxylic acid groups (broad SMARTS) is 1. The van der Waals surface area contributed by atoms with Crippen LogP contribution in [0.4, 0.5) is 0 Å². The topological polar surface area (TPSA) is 175 Å². The Bertz CT molecular complexity index is 1350. The summed E-state index contributed by atoms with van der Waals surface area (Å²) in [7, 11) is 0. The SMILES string of the molecule is CCC/C=C\C/C=C\CCCCCCCC(=O)OC1C(OCC(COC(=O)CCCCCCC/C=C\CCCCCCCC)OC(=O)CCCCCCCCCCCCC)OC(C(=O)O)C(O)C1O. The number of carboxylic acids is 1. The first-order chi connectivity index (χ1) is 33.6. The first-order valence-electron chi connectivity index (χ1n) is 28.0. The van der Waals surface area contributed by atoms with Gasteiger partial charge in [-0.1, -0.05) is 198 Å². The molecular formula is C57H100O12. The number of rotatable bonds is 47. The Morgan fingerprint density at radius 2 is 0.899 bits per heavy atom. The molecule has 6 atom stereocenters. The van der Waals surface area contributed by atoms with Crippen molar-refractivity contribution in [1.82, 2.24) is 0 Å². The number of aliphatic hydroxyl groups excluding tert-OH is 2. The molecular weight excluding hydrogens is 877 g/mol.